The lowest BCUT2D eigenvalue weighted by molar-refractivity contribution is 0.285. The number of hydrogen-bond donors (Lipinski definition) is 0. The van der Waals surface area contributed by atoms with Crippen LogP contribution in [-0.4, -0.2) is 44.5 Å². The maximum absolute atomic E-state index is 11.0. The summed E-state index contributed by atoms with van der Waals surface area (Å²) in [6, 6.07) is 2.62. The predicted octanol–water partition coefficient (Wildman–Crippen LogP) is 0.409. The molecule has 0 N–H and O–H groups in total. The van der Waals surface area contributed by atoms with Crippen LogP contribution in [-0.2, 0) is 9.84 Å². The average Bonchev–Trinajstić information content (AvgIpc) is 2.86. The van der Waals surface area contributed by atoms with E-state index in [-0.39, 0.29) is 5.75 Å². The van der Waals surface area contributed by atoms with Crippen molar-refractivity contribution in [2.24, 2.45) is 0 Å². The summed E-state index contributed by atoms with van der Waals surface area (Å²) in [5, 5.41) is 8.45. The highest BCUT2D eigenvalue weighted by molar-refractivity contribution is 7.90. The second-order valence-corrected chi connectivity index (χ2v) is 6.06. The van der Waals surface area contributed by atoms with Crippen molar-refractivity contribution in [3.8, 4) is 6.07 Å². The molecule has 0 aliphatic heterocycles. The van der Waals surface area contributed by atoms with Crippen molar-refractivity contribution < 1.29 is 8.42 Å². The van der Waals surface area contributed by atoms with E-state index in [1.165, 1.54) is 6.26 Å². The van der Waals surface area contributed by atoms with Gasteiger partial charge in [-0.05, 0) is 12.8 Å². The summed E-state index contributed by atoms with van der Waals surface area (Å²) in [6.45, 7) is 1.28. The fraction of sp³-hybridized carbons (Fsp3) is 0.889. The molecule has 1 rings (SSSR count). The number of hydrogen-bond acceptors (Lipinski definition) is 4. The van der Waals surface area contributed by atoms with E-state index < -0.39 is 9.84 Å². The molecule has 0 aromatic carbocycles. The molecular formula is C9H16N2O2S. The smallest absolute Gasteiger partial charge is 0.148 e. The number of nitrogens with zero attached hydrogens (tertiary/aromatic N) is 2. The minimum Gasteiger partial charge on any atom is -0.298 e. The quantitative estimate of drug-likeness (QED) is 0.645. The molecule has 0 aromatic heterocycles. The maximum Gasteiger partial charge on any atom is 0.148 e. The summed E-state index contributed by atoms with van der Waals surface area (Å²) in [5.41, 5.74) is 0. The summed E-state index contributed by atoms with van der Waals surface area (Å²) in [6.07, 6.45) is 4.03. The van der Waals surface area contributed by atoms with Crippen LogP contribution >= 0.6 is 0 Å². The Labute approximate surface area is 85.4 Å². The van der Waals surface area contributed by atoms with Gasteiger partial charge in [-0.1, -0.05) is 0 Å². The van der Waals surface area contributed by atoms with Gasteiger partial charge in [-0.3, -0.25) is 4.90 Å². The highest BCUT2D eigenvalue weighted by Gasteiger charge is 2.28. The van der Waals surface area contributed by atoms with Crippen molar-refractivity contribution in [1.82, 2.24) is 4.90 Å². The van der Waals surface area contributed by atoms with Gasteiger partial charge in [0, 0.05) is 31.8 Å². The van der Waals surface area contributed by atoms with E-state index >= 15 is 0 Å². The third-order valence-electron chi connectivity index (χ3n) is 2.32. The molecule has 1 aliphatic carbocycles. The molecule has 0 atom stereocenters. The van der Waals surface area contributed by atoms with E-state index in [2.05, 4.69) is 11.0 Å². The van der Waals surface area contributed by atoms with Gasteiger partial charge in [-0.15, -0.1) is 0 Å². The molecule has 0 bridgehead atoms. The van der Waals surface area contributed by atoms with Crippen LogP contribution in [0.25, 0.3) is 0 Å². The first kappa shape index (κ1) is 11.5. The third-order valence-corrected chi connectivity index (χ3v) is 3.25. The summed E-state index contributed by atoms with van der Waals surface area (Å²) in [5.74, 6) is 0.203. The standard InChI is InChI=1S/C9H16N2O2S/c1-14(12,13)8-7-11(6-2-5-10)9-3-4-9/h9H,2-4,6-8H2,1H3. The number of sulfone groups is 1. The van der Waals surface area contributed by atoms with Crippen molar-refractivity contribution in [2.45, 2.75) is 25.3 Å². The average molecular weight is 216 g/mol. The van der Waals surface area contributed by atoms with Crippen molar-refractivity contribution in [3.63, 3.8) is 0 Å². The van der Waals surface area contributed by atoms with Gasteiger partial charge in [0.2, 0.25) is 0 Å². The van der Waals surface area contributed by atoms with Crippen molar-refractivity contribution >= 4 is 9.84 Å². The molecule has 80 valence electrons. The Bertz CT molecular complexity index is 314. The molecule has 5 heteroatoms. The van der Waals surface area contributed by atoms with Crippen LogP contribution in [0.5, 0.6) is 0 Å². The Hall–Kier alpha value is -0.600. The normalized spacial score (nSPS) is 16.9. The van der Waals surface area contributed by atoms with Gasteiger partial charge in [-0.25, -0.2) is 8.42 Å². The summed E-state index contributed by atoms with van der Waals surface area (Å²) in [7, 11) is -2.87. The Morgan fingerprint density at radius 2 is 2.07 bits per heavy atom. The molecule has 4 nitrogen and oxygen atoms in total. The van der Waals surface area contributed by atoms with Gasteiger partial charge in [0.05, 0.1) is 11.8 Å². The molecule has 0 radical (unpaired) electrons. The van der Waals surface area contributed by atoms with Crippen LogP contribution in [0.1, 0.15) is 19.3 Å². The number of rotatable bonds is 6. The predicted molar refractivity (Wildman–Crippen MR) is 54.5 cm³/mol. The largest absolute Gasteiger partial charge is 0.298 e. The Morgan fingerprint density at radius 1 is 1.43 bits per heavy atom. The van der Waals surface area contributed by atoms with E-state index in [9.17, 15) is 8.42 Å². The monoisotopic (exact) mass is 216 g/mol. The minimum absolute atomic E-state index is 0.203. The molecule has 1 fully saturated rings. The summed E-state index contributed by atoms with van der Waals surface area (Å²) >= 11 is 0. The van der Waals surface area contributed by atoms with Crippen molar-refractivity contribution in [2.75, 3.05) is 25.1 Å². The molecule has 1 saturated carbocycles. The second-order valence-electron chi connectivity index (χ2n) is 3.81. The molecule has 0 heterocycles. The second kappa shape index (κ2) is 4.76. The maximum atomic E-state index is 11.0. The Morgan fingerprint density at radius 3 is 2.50 bits per heavy atom. The van der Waals surface area contributed by atoms with Crippen molar-refractivity contribution in [1.29, 1.82) is 5.26 Å². The molecule has 0 amide bonds. The van der Waals surface area contributed by atoms with Crippen LogP contribution in [0.4, 0.5) is 0 Å². The van der Waals surface area contributed by atoms with Crippen LogP contribution in [0.3, 0.4) is 0 Å². The molecule has 0 saturated heterocycles. The first-order valence-corrected chi connectivity index (χ1v) is 6.88. The van der Waals surface area contributed by atoms with Gasteiger partial charge in [0.1, 0.15) is 9.84 Å². The summed E-state index contributed by atoms with van der Waals surface area (Å²) in [4.78, 5) is 2.12. The zero-order chi connectivity index (χ0) is 10.6. The van der Waals surface area contributed by atoms with E-state index in [1.54, 1.807) is 0 Å². The topological polar surface area (TPSA) is 61.2 Å². The molecular weight excluding hydrogens is 200 g/mol. The SMILES string of the molecule is CS(=O)(=O)CCN(CCC#N)C1CC1. The van der Waals surface area contributed by atoms with Gasteiger partial charge in [-0.2, -0.15) is 5.26 Å². The Kier molecular flexibility index (Phi) is 3.90. The fourth-order valence-electron chi connectivity index (χ4n) is 1.39. The zero-order valence-corrected chi connectivity index (χ0v) is 9.26. The molecule has 0 unspecified atom stereocenters. The van der Waals surface area contributed by atoms with E-state index in [4.69, 9.17) is 5.26 Å². The van der Waals surface area contributed by atoms with Gasteiger partial charge >= 0.3 is 0 Å². The van der Waals surface area contributed by atoms with E-state index in [1.807, 2.05) is 0 Å². The van der Waals surface area contributed by atoms with Crippen molar-refractivity contribution in [3.05, 3.63) is 0 Å². The van der Waals surface area contributed by atoms with Gasteiger partial charge < -0.3 is 0 Å². The van der Waals surface area contributed by atoms with Gasteiger partial charge in [0.15, 0.2) is 0 Å². The first-order chi connectivity index (χ1) is 6.53. The fourth-order valence-corrected chi connectivity index (χ4v) is 1.96. The lowest BCUT2D eigenvalue weighted by Gasteiger charge is -2.19. The van der Waals surface area contributed by atoms with E-state index in [0.717, 1.165) is 12.8 Å². The Balaban J connectivity index is 2.32. The highest BCUT2D eigenvalue weighted by Crippen LogP contribution is 2.26. The third kappa shape index (κ3) is 4.58. The molecule has 0 spiro atoms. The minimum atomic E-state index is -2.87. The molecule has 1 aliphatic rings. The highest BCUT2D eigenvalue weighted by atomic mass is 32.2. The lowest BCUT2D eigenvalue weighted by Crippen LogP contribution is -2.31. The lowest BCUT2D eigenvalue weighted by atomic mass is 10.4. The first-order valence-electron chi connectivity index (χ1n) is 4.81. The van der Waals surface area contributed by atoms with E-state index in [0.29, 0.717) is 25.6 Å². The van der Waals surface area contributed by atoms with Crippen LogP contribution in [0, 0.1) is 11.3 Å². The van der Waals surface area contributed by atoms with Crippen LogP contribution in [0.15, 0.2) is 0 Å². The summed E-state index contributed by atoms with van der Waals surface area (Å²) < 4.78 is 21.9. The zero-order valence-electron chi connectivity index (χ0n) is 8.44. The molecule has 0 aromatic rings. The van der Waals surface area contributed by atoms with Crippen LogP contribution in [0.2, 0.25) is 0 Å². The number of nitriles is 1. The van der Waals surface area contributed by atoms with Crippen LogP contribution < -0.4 is 0 Å². The molecule has 14 heavy (non-hydrogen) atoms. The van der Waals surface area contributed by atoms with Gasteiger partial charge in [0.25, 0.3) is 0 Å².